The van der Waals surface area contributed by atoms with E-state index in [0.717, 1.165) is 16.7 Å². The normalized spacial score (nSPS) is 15.5. The van der Waals surface area contributed by atoms with Gasteiger partial charge in [-0.1, -0.05) is 58.8 Å². The van der Waals surface area contributed by atoms with Crippen LogP contribution in [0.1, 0.15) is 49.1 Å². The molecule has 0 fully saturated rings. The maximum atomic E-state index is 14.0. The lowest BCUT2D eigenvalue weighted by Crippen LogP contribution is -2.39. The van der Waals surface area contributed by atoms with Crippen LogP contribution in [0.15, 0.2) is 75.7 Å². The molecule has 1 aromatic heterocycles. The summed E-state index contributed by atoms with van der Waals surface area (Å²) in [6, 6.07) is 16.2. The standard InChI is InChI=1S/C34H31ClN2O7S/c1-5-40-27-15-22(13-24(35)31(27)42-17-21-9-12-25-26(14-21)44-18-43-25)16-28-32(38)37-30(23-10-7-19(3)8-11-23)29(33(39)41-6-2)20(4)36-34(37)45-28/h7-16,30H,5-6,17-18H2,1-4H3/b28-16+/t30-/m0/s1. The Morgan fingerprint density at radius 3 is 2.58 bits per heavy atom. The SMILES string of the molecule is CCOC(=O)C1=C(C)N=c2s/c(=C/c3cc(Cl)c(OCc4ccc5c(c4)OCO5)c(OCC)c3)c(=O)n2[C@H]1c1ccc(C)cc1. The van der Waals surface area contributed by atoms with Crippen LogP contribution in [0.2, 0.25) is 5.02 Å². The van der Waals surface area contributed by atoms with Crippen molar-refractivity contribution < 1.29 is 28.5 Å². The van der Waals surface area contributed by atoms with Crippen molar-refractivity contribution in [1.29, 1.82) is 0 Å². The number of carbonyl (C=O) groups is 1. The molecule has 0 saturated heterocycles. The van der Waals surface area contributed by atoms with Gasteiger partial charge in [0.15, 0.2) is 27.8 Å². The maximum absolute atomic E-state index is 14.0. The van der Waals surface area contributed by atoms with Crippen molar-refractivity contribution in [1.82, 2.24) is 4.57 Å². The summed E-state index contributed by atoms with van der Waals surface area (Å²) in [6.07, 6.45) is 1.75. The molecule has 3 heterocycles. The number of aromatic nitrogens is 1. The van der Waals surface area contributed by atoms with Gasteiger partial charge in [0.25, 0.3) is 5.56 Å². The molecule has 2 aliphatic rings. The van der Waals surface area contributed by atoms with Crippen molar-refractivity contribution in [2.75, 3.05) is 20.0 Å². The van der Waals surface area contributed by atoms with Gasteiger partial charge in [0, 0.05) is 0 Å². The van der Waals surface area contributed by atoms with E-state index in [1.54, 1.807) is 36.6 Å². The molecule has 45 heavy (non-hydrogen) atoms. The highest BCUT2D eigenvalue weighted by Gasteiger charge is 2.33. The summed E-state index contributed by atoms with van der Waals surface area (Å²) in [5.74, 6) is 1.70. The second kappa shape index (κ2) is 12.8. The van der Waals surface area contributed by atoms with Crippen LogP contribution in [0, 0.1) is 6.92 Å². The Bertz CT molecular complexity index is 2000. The van der Waals surface area contributed by atoms with E-state index >= 15 is 0 Å². The average molecular weight is 647 g/mol. The summed E-state index contributed by atoms with van der Waals surface area (Å²) in [5.41, 5.74) is 3.95. The molecule has 6 rings (SSSR count). The minimum atomic E-state index is -0.683. The number of aryl methyl sites for hydroxylation is 1. The summed E-state index contributed by atoms with van der Waals surface area (Å²) >= 11 is 7.97. The Morgan fingerprint density at radius 1 is 1.04 bits per heavy atom. The van der Waals surface area contributed by atoms with Crippen LogP contribution < -0.4 is 33.8 Å². The van der Waals surface area contributed by atoms with Crippen LogP contribution in [0.4, 0.5) is 0 Å². The molecular formula is C34H31ClN2O7S. The number of rotatable bonds is 9. The van der Waals surface area contributed by atoms with Crippen molar-refractivity contribution in [3.05, 3.63) is 113 Å². The number of carbonyl (C=O) groups excluding carboxylic acids is 1. The molecule has 232 valence electrons. The molecule has 0 saturated carbocycles. The summed E-state index contributed by atoms with van der Waals surface area (Å²) in [6.45, 7) is 8.38. The number of esters is 1. The number of hydrogen-bond donors (Lipinski definition) is 0. The van der Waals surface area contributed by atoms with Crippen molar-refractivity contribution in [2.45, 2.75) is 40.3 Å². The van der Waals surface area contributed by atoms with Crippen LogP contribution in [-0.2, 0) is 16.1 Å². The predicted octanol–water partition coefficient (Wildman–Crippen LogP) is 5.47. The molecule has 0 radical (unpaired) electrons. The Hall–Kier alpha value is -4.54. The van der Waals surface area contributed by atoms with E-state index in [1.165, 1.54) is 11.3 Å². The first-order valence-electron chi connectivity index (χ1n) is 14.5. The fourth-order valence-corrected chi connectivity index (χ4v) is 6.59. The van der Waals surface area contributed by atoms with Gasteiger partial charge in [-0.25, -0.2) is 9.79 Å². The molecule has 3 aromatic carbocycles. The molecule has 0 unspecified atom stereocenters. The Labute approximate surface area is 268 Å². The number of thiazole rings is 1. The minimum absolute atomic E-state index is 0.193. The summed E-state index contributed by atoms with van der Waals surface area (Å²) < 4.78 is 30.2. The van der Waals surface area contributed by atoms with Gasteiger partial charge >= 0.3 is 5.97 Å². The van der Waals surface area contributed by atoms with Crippen molar-refractivity contribution in [3.8, 4) is 23.0 Å². The quantitative estimate of drug-likeness (QED) is 0.223. The van der Waals surface area contributed by atoms with E-state index < -0.39 is 12.0 Å². The van der Waals surface area contributed by atoms with Gasteiger partial charge in [-0.15, -0.1) is 0 Å². The molecule has 0 aliphatic carbocycles. The number of benzene rings is 3. The molecular weight excluding hydrogens is 616 g/mol. The number of hydrogen-bond acceptors (Lipinski definition) is 9. The van der Waals surface area contributed by atoms with Gasteiger partial charge < -0.3 is 23.7 Å². The van der Waals surface area contributed by atoms with Gasteiger partial charge in [0.05, 0.1) is 40.1 Å². The van der Waals surface area contributed by atoms with E-state index in [2.05, 4.69) is 4.99 Å². The van der Waals surface area contributed by atoms with Crippen LogP contribution in [0.3, 0.4) is 0 Å². The van der Waals surface area contributed by atoms with Crippen LogP contribution >= 0.6 is 22.9 Å². The number of ether oxygens (including phenoxy) is 5. The topological polar surface area (TPSA) is 97.6 Å². The van der Waals surface area contributed by atoms with Crippen LogP contribution in [-0.4, -0.2) is 30.5 Å². The zero-order chi connectivity index (χ0) is 31.7. The third-order valence-electron chi connectivity index (χ3n) is 7.36. The van der Waals surface area contributed by atoms with E-state index in [9.17, 15) is 9.59 Å². The van der Waals surface area contributed by atoms with E-state index in [0.29, 0.717) is 60.8 Å². The van der Waals surface area contributed by atoms with Crippen LogP contribution in [0.5, 0.6) is 23.0 Å². The van der Waals surface area contributed by atoms with Crippen molar-refractivity contribution in [2.24, 2.45) is 4.99 Å². The lowest BCUT2D eigenvalue weighted by atomic mass is 9.95. The fourth-order valence-electron chi connectivity index (χ4n) is 5.27. The van der Waals surface area contributed by atoms with Gasteiger partial charge in [0.2, 0.25) is 6.79 Å². The van der Waals surface area contributed by atoms with Gasteiger partial charge in [-0.3, -0.25) is 9.36 Å². The van der Waals surface area contributed by atoms with E-state index in [-0.39, 0.29) is 25.6 Å². The number of fused-ring (bicyclic) bond motifs is 2. The fraction of sp³-hybridized carbons (Fsp3) is 0.265. The molecule has 0 bridgehead atoms. The summed E-state index contributed by atoms with van der Waals surface area (Å²) in [4.78, 5) is 32.3. The lowest BCUT2D eigenvalue weighted by molar-refractivity contribution is -0.139. The van der Waals surface area contributed by atoms with Gasteiger partial charge in [-0.05, 0) is 74.7 Å². The number of allylic oxidation sites excluding steroid dienone is 1. The molecule has 4 aromatic rings. The first kappa shape index (κ1) is 30.5. The average Bonchev–Trinajstić information content (AvgIpc) is 3.60. The largest absolute Gasteiger partial charge is 0.490 e. The highest BCUT2D eigenvalue weighted by Crippen LogP contribution is 2.39. The van der Waals surface area contributed by atoms with Gasteiger partial charge in [-0.2, -0.15) is 0 Å². The third-order valence-corrected chi connectivity index (χ3v) is 8.62. The maximum Gasteiger partial charge on any atom is 0.338 e. The first-order valence-corrected chi connectivity index (χ1v) is 15.7. The molecule has 9 nitrogen and oxygen atoms in total. The molecule has 2 aliphatic heterocycles. The third kappa shape index (κ3) is 6.08. The number of halogens is 1. The van der Waals surface area contributed by atoms with Gasteiger partial charge in [0.1, 0.15) is 6.61 Å². The molecule has 0 N–H and O–H groups in total. The smallest absolute Gasteiger partial charge is 0.338 e. The number of nitrogens with zero attached hydrogens (tertiary/aromatic N) is 2. The summed E-state index contributed by atoms with van der Waals surface area (Å²) in [7, 11) is 0. The monoisotopic (exact) mass is 646 g/mol. The Balaban J connectivity index is 1.38. The second-order valence-electron chi connectivity index (χ2n) is 10.5. The zero-order valence-corrected chi connectivity index (χ0v) is 26.8. The van der Waals surface area contributed by atoms with E-state index in [4.69, 9.17) is 35.3 Å². The first-order chi connectivity index (χ1) is 21.8. The predicted molar refractivity (Wildman–Crippen MR) is 171 cm³/mol. The van der Waals surface area contributed by atoms with Crippen molar-refractivity contribution in [3.63, 3.8) is 0 Å². The van der Waals surface area contributed by atoms with E-state index in [1.807, 2.05) is 56.3 Å². The molecule has 11 heteroatoms. The molecule has 1 atom stereocenters. The molecule has 0 spiro atoms. The van der Waals surface area contributed by atoms with Crippen LogP contribution in [0.25, 0.3) is 6.08 Å². The lowest BCUT2D eigenvalue weighted by Gasteiger charge is -2.24. The Morgan fingerprint density at radius 2 is 1.82 bits per heavy atom. The Kier molecular flexibility index (Phi) is 8.69. The highest BCUT2D eigenvalue weighted by molar-refractivity contribution is 7.07. The highest BCUT2D eigenvalue weighted by atomic mass is 35.5. The molecule has 0 amide bonds. The summed E-state index contributed by atoms with van der Waals surface area (Å²) in [5, 5.41) is 0.332. The zero-order valence-electron chi connectivity index (χ0n) is 25.2. The minimum Gasteiger partial charge on any atom is -0.490 e. The second-order valence-corrected chi connectivity index (χ2v) is 11.9. The van der Waals surface area contributed by atoms with Crippen molar-refractivity contribution >= 4 is 35.0 Å².